The SMILES string of the molecule is CC(=O)c1ccc2c(c1)nc(Nc1ccc(Cl)cc1)c1ccncc12.Fc1cccc(Nc2nc3cc(C4=NN=NC4)ccc3c3cnccc23)c1.N#Cc1cccc(Nc2nc3cc(C(=O)O)ccc3c3cnccc23)c1.O=C(O)c1ccc2c(c1)nc(Nc1cc(F)cc(F)c1)c1ccncc12. The Balaban J connectivity index is 0.000000117. The predicted octanol–water partition coefficient (Wildman–Crippen LogP) is 18.8. The van der Waals surface area contributed by atoms with Crippen LogP contribution in [-0.2, 0) is 0 Å². The van der Waals surface area contributed by atoms with Crippen molar-refractivity contribution in [3.05, 3.63) is 288 Å². The molecule has 0 aliphatic carbocycles. The van der Waals surface area contributed by atoms with Gasteiger partial charge in [0.25, 0.3) is 0 Å². The van der Waals surface area contributed by atoms with E-state index in [1.54, 1.807) is 105 Å². The van der Waals surface area contributed by atoms with E-state index >= 15 is 0 Å². The average Bonchev–Trinajstić information content (AvgIpc) is 0.822. The summed E-state index contributed by atoms with van der Waals surface area (Å²) >= 11 is 5.95. The molecular weight excluding hydrogens is 1350 g/mol. The van der Waals surface area contributed by atoms with Crippen molar-refractivity contribution in [2.45, 2.75) is 6.92 Å². The molecule has 1 aliphatic heterocycles. The van der Waals surface area contributed by atoms with Crippen molar-refractivity contribution in [2.75, 3.05) is 27.8 Å². The molecule has 8 aromatic carbocycles. The molecular formula is C79H50ClF3N16O5. The molecule has 0 spiro atoms. The number of anilines is 8. The summed E-state index contributed by atoms with van der Waals surface area (Å²) in [7, 11) is 0. The predicted molar refractivity (Wildman–Crippen MR) is 397 cm³/mol. The molecule has 1 aliphatic rings. The Bertz CT molecular complexity index is 6240. The summed E-state index contributed by atoms with van der Waals surface area (Å²) in [5, 5.41) is 63.0. The van der Waals surface area contributed by atoms with Gasteiger partial charge in [0.1, 0.15) is 47.3 Å². The molecule has 21 nitrogen and oxygen atoms in total. The van der Waals surface area contributed by atoms with Crippen molar-refractivity contribution < 1.29 is 37.8 Å². The fraction of sp³-hybridized carbons (Fsp3) is 0.0253. The molecule has 0 fully saturated rings. The number of carboxylic acids is 2. The molecule has 104 heavy (non-hydrogen) atoms. The number of aromatic carboxylic acids is 2. The molecule has 8 aromatic heterocycles. The minimum Gasteiger partial charge on any atom is -0.478 e. The lowest BCUT2D eigenvalue weighted by Crippen LogP contribution is -2.02. The summed E-state index contributed by atoms with van der Waals surface area (Å²) in [6.45, 7) is 2.02. The van der Waals surface area contributed by atoms with Crippen molar-refractivity contribution in [2.24, 2.45) is 15.4 Å². The number of carbonyl (C=O) groups is 3. The number of pyridine rings is 8. The van der Waals surface area contributed by atoms with Gasteiger partial charge >= 0.3 is 11.9 Å². The van der Waals surface area contributed by atoms with E-state index in [4.69, 9.17) is 26.8 Å². The van der Waals surface area contributed by atoms with Gasteiger partial charge in [0, 0.05) is 159 Å². The zero-order valence-corrected chi connectivity index (χ0v) is 55.0. The quantitative estimate of drug-likeness (QED) is 0.0489. The molecule has 0 atom stereocenters. The van der Waals surface area contributed by atoms with Gasteiger partial charge in [0.15, 0.2) is 5.78 Å². The van der Waals surface area contributed by atoms with Crippen LogP contribution in [0.2, 0.25) is 5.02 Å². The first-order valence-corrected chi connectivity index (χ1v) is 32.1. The standard InChI is InChI=1S/C20H14ClN3O.C20H13FN6.C20H12N4O2.C19H11F2N3O2/c1-12(25)13-2-7-16-18-11-22-9-8-17(18)20(24-19(16)10-13)23-15-5-3-14(21)4-6-15;21-13-2-1-3-14(9-13)24-20-16-6-7-22-10-17(16)15-5-4-12(8-18(15)25-20)19-11-23-27-26-19;21-10-12-2-1-3-14(8-12)23-19-16-6-7-22-11-17(16)15-5-4-13(20(25)26)9-18(15)24-19;20-11-6-12(21)8-13(7-11)23-18-15-3-4-22-9-16(15)14-2-1-10(19(25)26)5-17(14)24-18/h2-11H,1H3,(H,23,24);1-10H,11H2,(H,24,25);1-9,11H,(H,23,24)(H,25,26);1-9H,(H,23,24)(H,25,26). The van der Waals surface area contributed by atoms with Crippen LogP contribution < -0.4 is 21.3 Å². The molecule has 0 amide bonds. The molecule has 16 aromatic rings. The maximum Gasteiger partial charge on any atom is 0.335 e. The van der Waals surface area contributed by atoms with E-state index in [-0.39, 0.29) is 28.4 Å². The lowest BCUT2D eigenvalue weighted by Gasteiger charge is -2.12. The monoisotopic (exact) mass is 1390 g/mol. The van der Waals surface area contributed by atoms with Crippen LogP contribution in [0.5, 0.6) is 0 Å². The van der Waals surface area contributed by atoms with Crippen LogP contribution in [0.25, 0.3) is 86.7 Å². The number of ketones is 1. The van der Waals surface area contributed by atoms with Crippen LogP contribution in [0, 0.1) is 28.8 Å². The van der Waals surface area contributed by atoms with Crippen LogP contribution in [0.1, 0.15) is 49.1 Å². The number of hydrogen-bond donors (Lipinski definition) is 6. The number of nitrogens with zero attached hydrogens (tertiary/aromatic N) is 12. The topological polar surface area (TPSA) is 304 Å². The average molecular weight is 1400 g/mol. The van der Waals surface area contributed by atoms with E-state index in [9.17, 15) is 37.8 Å². The van der Waals surface area contributed by atoms with Gasteiger partial charge in [-0.1, -0.05) is 60.1 Å². The van der Waals surface area contributed by atoms with E-state index in [2.05, 4.69) is 72.7 Å². The Morgan fingerprint density at radius 3 is 1.28 bits per heavy atom. The van der Waals surface area contributed by atoms with Gasteiger partial charge in [-0.05, 0) is 146 Å². The van der Waals surface area contributed by atoms with Gasteiger partial charge in [-0.25, -0.2) is 42.7 Å². The lowest BCUT2D eigenvalue weighted by molar-refractivity contribution is 0.0686. The molecule has 0 bridgehead atoms. The zero-order valence-electron chi connectivity index (χ0n) is 54.2. The van der Waals surface area contributed by atoms with Crippen molar-refractivity contribution in [3.63, 3.8) is 0 Å². The maximum atomic E-state index is 13.6. The number of nitrogens with one attached hydrogen (secondary N) is 4. The second kappa shape index (κ2) is 29.3. The van der Waals surface area contributed by atoms with Crippen LogP contribution in [0.4, 0.5) is 59.2 Å². The third-order valence-corrected chi connectivity index (χ3v) is 16.9. The number of fused-ring (bicyclic) bond motifs is 12. The highest BCUT2D eigenvalue weighted by molar-refractivity contribution is 6.30. The molecule has 0 unspecified atom stereocenters. The number of benzene rings is 8. The summed E-state index contributed by atoms with van der Waals surface area (Å²) in [5.74, 6) is -1.51. The maximum absolute atomic E-state index is 13.6. The molecule has 0 saturated carbocycles. The number of hydrogen-bond acceptors (Lipinski definition) is 19. The summed E-state index contributed by atoms with van der Waals surface area (Å²) in [5.41, 5.74) is 8.17. The van der Waals surface area contributed by atoms with Crippen LogP contribution in [-0.4, -0.2) is 80.1 Å². The van der Waals surface area contributed by atoms with Gasteiger partial charge in [-0.2, -0.15) is 10.4 Å². The van der Waals surface area contributed by atoms with E-state index in [1.165, 1.54) is 24.3 Å². The van der Waals surface area contributed by atoms with Crippen LogP contribution in [0.3, 0.4) is 0 Å². The van der Waals surface area contributed by atoms with Gasteiger partial charge in [-0.3, -0.25) is 24.7 Å². The van der Waals surface area contributed by atoms with Crippen molar-refractivity contribution in [1.29, 1.82) is 5.26 Å². The van der Waals surface area contributed by atoms with E-state index in [0.29, 0.717) is 68.1 Å². The first-order valence-electron chi connectivity index (χ1n) is 31.7. The van der Waals surface area contributed by atoms with Gasteiger partial charge in [-0.15, -0.1) is 5.10 Å². The third kappa shape index (κ3) is 14.6. The molecule has 17 rings (SSSR count). The van der Waals surface area contributed by atoms with E-state index < -0.39 is 23.6 Å². The van der Waals surface area contributed by atoms with Gasteiger partial charge in [0.2, 0.25) is 0 Å². The largest absolute Gasteiger partial charge is 0.478 e. The minimum atomic E-state index is -1.07. The van der Waals surface area contributed by atoms with Gasteiger partial charge < -0.3 is 31.5 Å². The second-order valence-electron chi connectivity index (χ2n) is 23.4. The fourth-order valence-electron chi connectivity index (χ4n) is 11.7. The number of aromatic nitrogens is 8. The third-order valence-electron chi connectivity index (χ3n) is 16.6. The van der Waals surface area contributed by atoms with E-state index in [1.807, 2.05) is 97.3 Å². The van der Waals surface area contributed by atoms with Crippen molar-refractivity contribution >= 4 is 168 Å². The Hall–Kier alpha value is -14.3. The first kappa shape index (κ1) is 66.9. The zero-order chi connectivity index (χ0) is 72.0. The van der Waals surface area contributed by atoms with E-state index in [0.717, 1.165) is 111 Å². The Labute approximate surface area is 591 Å². The number of halogens is 4. The molecule has 9 heterocycles. The smallest absolute Gasteiger partial charge is 0.335 e. The highest BCUT2D eigenvalue weighted by atomic mass is 35.5. The number of carbonyl (C=O) groups excluding carboxylic acids is 1. The number of rotatable bonds is 12. The van der Waals surface area contributed by atoms with Gasteiger partial charge in [0.05, 0.1) is 50.5 Å². The molecule has 6 N–H and O–H groups in total. The number of carboxylic acid groups (broad SMARTS) is 2. The molecule has 0 saturated heterocycles. The van der Waals surface area contributed by atoms with Crippen LogP contribution >= 0.6 is 11.6 Å². The van der Waals surface area contributed by atoms with Crippen molar-refractivity contribution in [1.82, 2.24) is 39.9 Å². The normalized spacial score (nSPS) is 11.5. The van der Waals surface area contributed by atoms with Crippen LogP contribution in [0.15, 0.2) is 253 Å². The Morgan fingerprint density at radius 2 is 0.837 bits per heavy atom. The second-order valence-corrected chi connectivity index (χ2v) is 23.9. The number of Topliss-reactive ketones (excluding diaryl/α,β-unsaturated/α-hetero) is 1. The molecule has 0 radical (unpaired) electrons. The van der Waals surface area contributed by atoms with Crippen molar-refractivity contribution in [3.8, 4) is 6.07 Å². The summed E-state index contributed by atoms with van der Waals surface area (Å²) in [6, 6.07) is 54.4. The molecule has 504 valence electrons. The fourth-order valence-corrected chi connectivity index (χ4v) is 11.9. The first-order chi connectivity index (χ1) is 50.6. The Morgan fingerprint density at radius 1 is 0.423 bits per heavy atom. The summed E-state index contributed by atoms with van der Waals surface area (Å²) < 4.78 is 40.5. The highest BCUT2D eigenvalue weighted by Gasteiger charge is 2.18. The number of nitriles is 1. The summed E-state index contributed by atoms with van der Waals surface area (Å²) in [6.07, 6.45) is 13.7. The molecule has 25 heteroatoms. The Kier molecular flexibility index (Phi) is 18.8. The summed E-state index contributed by atoms with van der Waals surface area (Å²) in [4.78, 5) is 69.6. The highest BCUT2D eigenvalue weighted by Crippen LogP contribution is 2.37. The lowest BCUT2D eigenvalue weighted by atomic mass is 10.0. The minimum absolute atomic E-state index is 0.0159.